The van der Waals surface area contributed by atoms with Crippen LogP contribution in [0, 0.1) is 0 Å². The fourth-order valence-electron chi connectivity index (χ4n) is 0.589. The van der Waals surface area contributed by atoms with Crippen molar-refractivity contribution in [2.75, 3.05) is 0 Å². The van der Waals surface area contributed by atoms with Crippen molar-refractivity contribution in [2.24, 2.45) is 5.14 Å². The van der Waals surface area contributed by atoms with E-state index < -0.39 is 10.0 Å². The molecule has 0 bridgehead atoms. The van der Waals surface area contributed by atoms with Crippen LogP contribution in [-0.2, 0) is 10.0 Å². The molecule has 66 valence electrons. The molecule has 4 nitrogen and oxygen atoms in total. The van der Waals surface area contributed by atoms with Crippen molar-refractivity contribution < 1.29 is 8.42 Å². The zero-order chi connectivity index (χ0) is 9.35. The second-order valence-electron chi connectivity index (χ2n) is 1.99. The van der Waals surface area contributed by atoms with E-state index in [-0.39, 0.29) is 15.2 Å². The minimum atomic E-state index is -3.83. The van der Waals surface area contributed by atoms with Gasteiger partial charge in [-0.1, -0.05) is 23.2 Å². The van der Waals surface area contributed by atoms with E-state index >= 15 is 0 Å². The fourth-order valence-corrected chi connectivity index (χ4v) is 1.69. The van der Waals surface area contributed by atoms with Gasteiger partial charge in [-0.05, 0) is 12.1 Å². The standard InChI is InChI=1S/C5H4Cl2N2O2S/c6-3-1-4(7)9-5(2-3)12(8,10)11/h1-2H,(H2,8,10,11). The molecule has 0 spiro atoms. The fraction of sp³-hybridized carbons (Fsp3) is 0. The van der Waals surface area contributed by atoms with Gasteiger partial charge in [0.15, 0.2) is 5.03 Å². The van der Waals surface area contributed by atoms with E-state index in [2.05, 4.69) is 4.98 Å². The third-order valence-corrected chi connectivity index (χ3v) is 2.23. The topological polar surface area (TPSA) is 73.1 Å². The number of nitrogens with zero attached hydrogens (tertiary/aromatic N) is 1. The lowest BCUT2D eigenvalue weighted by molar-refractivity contribution is 0.594. The Morgan fingerprint density at radius 3 is 2.33 bits per heavy atom. The molecule has 0 aliphatic carbocycles. The molecular weight excluding hydrogens is 223 g/mol. The summed E-state index contributed by atoms with van der Waals surface area (Å²) in [4.78, 5) is 3.47. The van der Waals surface area contributed by atoms with E-state index in [1.807, 2.05) is 0 Å². The highest BCUT2D eigenvalue weighted by atomic mass is 35.5. The summed E-state index contributed by atoms with van der Waals surface area (Å²) < 4.78 is 21.5. The Morgan fingerprint density at radius 2 is 1.92 bits per heavy atom. The van der Waals surface area contributed by atoms with Gasteiger partial charge < -0.3 is 0 Å². The minimum absolute atomic E-state index is 0.00785. The lowest BCUT2D eigenvalue weighted by Gasteiger charge is -1.97. The molecule has 0 saturated heterocycles. The second kappa shape index (κ2) is 3.18. The summed E-state index contributed by atoms with van der Waals surface area (Å²) in [6.07, 6.45) is 0. The first-order valence-corrected chi connectivity index (χ1v) is 5.06. The number of hydrogen-bond acceptors (Lipinski definition) is 3. The number of pyridine rings is 1. The highest BCUT2D eigenvalue weighted by Crippen LogP contribution is 2.17. The maximum Gasteiger partial charge on any atom is 0.255 e. The van der Waals surface area contributed by atoms with Crippen LogP contribution in [0.1, 0.15) is 0 Å². The van der Waals surface area contributed by atoms with Crippen LogP contribution < -0.4 is 5.14 Å². The van der Waals surface area contributed by atoms with Gasteiger partial charge in [0.2, 0.25) is 0 Å². The predicted octanol–water partition coefficient (Wildman–Crippen LogP) is 1.04. The van der Waals surface area contributed by atoms with Crippen LogP contribution in [0.2, 0.25) is 10.2 Å². The van der Waals surface area contributed by atoms with Gasteiger partial charge in [-0.2, -0.15) is 0 Å². The van der Waals surface area contributed by atoms with E-state index in [0.29, 0.717) is 0 Å². The molecule has 0 saturated carbocycles. The minimum Gasteiger partial charge on any atom is -0.223 e. The van der Waals surface area contributed by atoms with Gasteiger partial charge in [-0.25, -0.2) is 18.5 Å². The number of sulfonamides is 1. The van der Waals surface area contributed by atoms with Gasteiger partial charge in [0, 0.05) is 5.02 Å². The molecule has 0 aliphatic rings. The molecule has 0 aliphatic heterocycles. The molecule has 1 rings (SSSR count). The van der Waals surface area contributed by atoms with Gasteiger partial charge >= 0.3 is 0 Å². The Balaban J connectivity index is 3.37. The molecule has 0 amide bonds. The van der Waals surface area contributed by atoms with Crippen molar-refractivity contribution in [3.63, 3.8) is 0 Å². The van der Waals surface area contributed by atoms with E-state index in [1.54, 1.807) is 0 Å². The number of aromatic nitrogens is 1. The summed E-state index contributed by atoms with van der Waals surface area (Å²) in [5.41, 5.74) is 0. The van der Waals surface area contributed by atoms with Crippen molar-refractivity contribution in [3.05, 3.63) is 22.3 Å². The summed E-state index contributed by atoms with van der Waals surface area (Å²) in [6.45, 7) is 0. The van der Waals surface area contributed by atoms with Crippen molar-refractivity contribution in [1.29, 1.82) is 0 Å². The first kappa shape index (κ1) is 9.73. The normalized spacial score (nSPS) is 11.6. The van der Waals surface area contributed by atoms with Gasteiger partial charge in [-0.3, -0.25) is 0 Å². The summed E-state index contributed by atoms with van der Waals surface area (Å²) >= 11 is 11.0. The van der Waals surface area contributed by atoms with Crippen LogP contribution >= 0.6 is 23.2 Å². The smallest absolute Gasteiger partial charge is 0.223 e. The van der Waals surface area contributed by atoms with Gasteiger partial charge in [0.1, 0.15) is 5.15 Å². The number of hydrogen-bond donors (Lipinski definition) is 1. The largest absolute Gasteiger partial charge is 0.255 e. The first-order chi connectivity index (χ1) is 5.39. The lowest BCUT2D eigenvalue weighted by Crippen LogP contribution is -2.13. The maximum absolute atomic E-state index is 10.7. The predicted molar refractivity (Wildman–Crippen MR) is 45.6 cm³/mol. The van der Waals surface area contributed by atoms with Crippen LogP contribution in [0.4, 0.5) is 0 Å². The van der Waals surface area contributed by atoms with Crippen LogP contribution in [0.3, 0.4) is 0 Å². The number of primary sulfonamides is 1. The number of halogens is 2. The summed E-state index contributed by atoms with van der Waals surface area (Å²) in [5.74, 6) is 0. The average molecular weight is 227 g/mol. The first-order valence-electron chi connectivity index (χ1n) is 2.75. The third kappa shape index (κ3) is 2.31. The van der Waals surface area contributed by atoms with E-state index in [9.17, 15) is 8.42 Å². The average Bonchev–Trinajstić information content (AvgIpc) is 1.82. The van der Waals surface area contributed by atoms with Gasteiger partial charge in [-0.15, -0.1) is 0 Å². The van der Waals surface area contributed by atoms with Crippen molar-refractivity contribution >= 4 is 33.2 Å². The van der Waals surface area contributed by atoms with Crippen molar-refractivity contribution in [3.8, 4) is 0 Å². The number of nitrogens with two attached hydrogens (primary N) is 1. The molecule has 1 heterocycles. The van der Waals surface area contributed by atoms with Crippen LogP contribution in [-0.4, -0.2) is 13.4 Å². The lowest BCUT2D eigenvalue weighted by atomic mass is 10.5. The zero-order valence-electron chi connectivity index (χ0n) is 5.66. The molecule has 12 heavy (non-hydrogen) atoms. The molecule has 1 aromatic heterocycles. The molecule has 7 heteroatoms. The highest BCUT2D eigenvalue weighted by molar-refractivity contribution is 7.89. The molecule has 0 radical (unpaired) electrons. The van der Waals surface area contributed by atoms with Crippen LogP contribution in [0.5, 0.6) is 0 Å². The Labute approximate surface area is 79.4 Å². The van der Waals surface area contributed by atoms with E-state index in [4.69, 9.17) is 28.3 Å². The van der Waals surface area contributed by atoms with Gasteiger partial charge in [0.25, 0.3) is 10.0 Å². The Hall–Kier alpha value is -0.360. The summed E-state index contributed by atoms with van der Waals surface area (Å²) in [7, 11) is -3.83. The SMILES string of the molecule is NS(=O)(=O)c1cc(Cl)cc(Cl)n1. The molecule has 0 atom stereocenters. The number of rotatable bonds is 1. The van der Waals surface area contributed by atoms with Crippen molar-refractivity contribution in [2.45, 2.75) is 5.03 Å². The molecule has 2 N–H and O–H groups in total. The van der Waals surface area contributed by atoms with E-state index in [1.165, 1.54) is 6.07 Å². The van der Waals surface area contributed by atoms with Crippen molar-refractivity contribution in [1.82, 2.24) is 4.98 Å². The third-order valence-electron chi connectivity index (χ3n) is 1.03. The highest BCUT2D eigenvalue weighted by Gasteiger charge is 2.10. The molecule has 0 aromatic carbocycles. The summed E-state index contributed by atoms with van der Waals surface area (Å²) in [5, 5.41) is 4.63. The Morgan fingerprint density at radius 1 is 1.33 bits per heavy atom. The van der Waals surface area contributed by atoms with Gasteiger partial charge in [0.05, 0.1) is 0 Å². The monoisotopic (exact) mass is 226 g/mol. The summed E-state index contributed by atoms with van der Waals surface area (Å²) in [6, 6.07) is 2.45. The molecular formula is C5H4Cl2N2O2S. The zero-order valence-corrected chi connectivity index (χ0v) is 7.99. The molecule has 0 fully saturated rings. The van der Waals surface area contributed by atoms with E-state index in [0.717, 1.165) is 6.07 Å². The quantitative estimate of drug-likeness (QED) is 0.728. The molecule has 0 unspecified atom stereocenters. The molecule has 1 aromatic rings. The van der Waals surface area contributed by atoms with Crippen LogP contribution in [0.25, 0.3) is 0 Å². The van der Waals surface area contributed by atoms with Crippen LogP contribution in [0.15, 0.2) is 17.2 Å². The Kier molecular flexibility index (Phi) is 2.58. The second-order valence-corrected chi connectivity index (χ2v) is 4.32. The maximum atomic E-state index is 10.7. The Bertz CT molecular complexity index is 384.